The first kappa shape index (κ1) is 40.5. The van der Waals surface area contributed by atoms with Gasteiger partial charge in [0.15, 0.2) is 5.60 Å². The maximum absolute atomic E-state index is 13.9. The molecule has 1 saturated carbocycles. The summed E-state index contributed by atoms with van der Waals surface area (Å²) >= 11 is 6.37. The molecule has 4 atom stereocenters. The molecular formula is C38H52ClN5O8S. The highest BCUT2D eigenvalue weighted by atomic mass is 35.5. The summed E-state index contributed by atoms with van der Waals surface area (Å²) in [6.07, 6.45) is 7.65. The summed E-state index contributed by atoms with van der Waals surface area (Å²) in [4.78, 5) is 45.2. The molecule has 0 spiro atoms. The van der Waals surface area contributed by atoms with Gasteiger partial charge in [-0.3, -0.25) is 14.4 Å². The highest BCUT2D eigenvalue weighted by Gasteiger charge is 2.44. The largest absolute Gasteiger partial charge is 0.487 e. The van der Waals surface area contributed by atoms with Crippen molar-refractivity contribution in [3.63, 3.8) is 0 Å². The van der Waals surface area contributed by atoms with E-state index in [1.807, 2.05) is 35.1 Å². The Hall–Kier alpha value is -3.69. The number of hydrogen-bond acceptors (Lipinski definition) is 9. The third-order valence-electron chi connectivity index (χ3n) is 10.6. The van der Waals surface area contributed by atoms with Crippen LogP contribution in [-0.4, -0.2) is 113 Å². The quantitative estimate of drug-likeness (QED) is 0.421. The van der Waals surface area contributed by atoms with Gasteiger partial charge in [-0.15, -0.1) is 0 Å². The van der Waals surface area contributed by atoms with Crippen LogP contribution in [0.2, 0.25) is 5.02 Å². The maximum Gasteiger partial charge on any atom is 0.303 e. The van der Waals surface area contributed by atoms with E-state index < -0.39 is 34.0 Å². The van der Waals surface area contributed by atoms with Gasteiger partial charge in [-0.05, 0) is 91.3 Å². The monoisotopic (exact) mass is 773 g/mol. The van der Waals surface area contributed by atoms with Crippen molar-refractivity contribution in [2.75, 3.05) is 66.4 Å². The standard InChI is InChI=1S/C38H52ClN5O8S/c1-41(2)36(46)25-52-33-11-7-8-18-43(5)35(45)22-38(48,37(47)40-53(49,50)42(3)4)29-14-17-34-32(21-29)44(23-27-13-16-31(27)33)19-9-6-10-26-20-30(39)15-12-28(26)24-51-34/h7,11-12,14-15,17,20-21,27,31,33,48H,6,8-10,13,16,18-19,22-25H2,1-5H3,(H,40,47)/b11-7+/t27-,31+,33-,38+/m0/s1. The Labute approximate surface area is 318 Å². The van der Waals surface area contributed by atoms with E-state index in [2.05, 4.69) is 4.90 Å². The Balaban J connectivity index is 1.60. The van der Waals surface area contributed by atoms with Crippen molar-refractivity contribution in [1.82, 2.24) is 18.8 Å². The Morgan fingerprint density at radius 2 is 1.85 bits per heavy atom. The lowest BCUT2D eigenvalue weighted by atomic mass is 9.70. The van der Waals surface area contributed by atoms with Crippen molar-refractivity contribution in [2.45, 2.75) is 63.3 Å². The minimum Gasteiger partial charge on any atom is -0.487 e. The van der Waals surface area contributed by atoms with Gasteiger partial charge < -0.3 is 29.3 Å². The average molecular weight is 774 g/mol. The number of ether oxygens (including phenoxy) is 2. The first-order chi connectivity index (χ1) is 25.1. The third-order valence-corrected chi connectivity index (χ3v) is 12.2. The van der Waals surface area contributed by atoms with Crippen molar-refractivity contribution < 1.29 is 37.4 Å². The number of nitrogens with zero attached hydrogens (tertiary/aromatic N) is 4. The predicted octanol–water partition coefficient (Wildman–Crippen LogP) is 3.48. The molecule has 1 fully saturated rings. The number of aliphatic hydroxyl groups is 1. The second-order valence-corrected chi connectivity index (χ2v) is 17.0. The smallest absolute Gasteiger partial charge is 0.303 e. The molecule has 1 aliphatic carbocycles. The fourth-order valence-corrected chi connectivity index (χ4v) is 7.71. The van der Waals surface area contributed by atoms with Crippen molar-refractivity contribution in [2.24, 2.45) is 11.8 Å². The van der Waals surface area contributed by atoms with Crippen LogP contribution in [0.25, 0.3) is 0 Å². The number of nitrogens with one attached hydrogen (secondary N) is 1. The van der Waals surface area contributed by atoms with Crippen LogP contribution in [0.15, 0.2) is 48.6 Å². The summed E-state index contributed by atoms with van der Waals surface area (Å²) in [5.74, 6) is -1.13. The number of aryl methyl sites for hydroxylation is 1. The molecule has 2 bridgehead atoms. The fraction of sp³-hybridized carbons (Fsp3) is 0.553. The number of hydrogen-bond donors (Lipinski definition) is 2. The Morgan fingerprint density at radius 3 is 2.55 bits per heavy atom. The molecule has 53 heavy (non-hydrogen) atoms. The van der Waals surface area contributed by atoms with Crippen molar-refractivity contribution in [3.8, 4) is 5.75 Å². The molecule has 2 heterocycles. The minimum atomic E-state index is -4.31. The number of anilines is 1. The molecule has 5 rings (SSSR count). The van der Waals surface area contributed by atoms with Gasteiger partial charge in [0.1, 0.15) is 19.0 Å². The molecule has 0 unspecified atom stereocenters. The zero-order chi connectivity index (χ0) is 38.5. The van der Waals surface area contributed by atoms with Crippen LogP contribution >= 0.6 is 11.6 Å². The van der Waals surface area contributed by atoms with E-state index in [9.17, 15) is 27.9 Å². The molecule has 2 aliphatic heterocycles. The van der Waals surface area contributed by atoms with Gasteiger partial charge in [0.05, 0.1) is 18.2 Å². The van der Waals surface area contributed by atoms with Crippen molar-refractivity contribution >= 4 is 45.2 Å². The van der Waals surface area contributed by atoms with Gasteiger partial charge in [0, 0.05) is 59.9 Å². The van der Waals surface area contributed by atoms with Crippen LogP contribution in [0.5, 0.6) is 5.75 Å². The highest BCUT2D eigenvalue weighted by Crippen LogP contribution is 2.43. The Bertz CT molecular complexity index is 1800. The molecule has 3 amide bonds. The maximum atomic E-state index is 13.9. The van der Waals surface area contributed by atoms with E-state index in [-0.39, 0.29) is 49.2 Å². The summed E-state index contributed by atoms with van der Waals surface area (Å²) in [6.45, 7) is 1.66. The first-order valence-electron chi connectivity index (χ1n) is 18.1. The summed E-state index contributed by atoms with van der Waals surface area (Å²) in [5, 5.41) is 12.9. The van der Waals surface area contributed by atoms with E-state index in [0.717, 1.165) is 47.5 Å². The van der Waals surface area contributed by atoms with Gasteiger partial charge in [-0.25, -0.2) is 4.72 Å². The molecular weight excluding hydrogens is 722 g/mol. The summed E-state index contributed by atoms with van der Waals surface area (Å²) < 4.78 is 41.2. The van der Waals surface area contributed by atoms with Crippen LogP contribution in [0.4, 0.5) is 5.69 Å². The molecule has 0 aromatic heterocycles. The molecule has 290 valence electrons. The van der Waals surface area contributed by atoms with Crippen LogP contribution in [-0.2, 0) is 48.0 Å². The number of amides is 3. The molecule has 2 N–H and O–H groups in total. The van der Waals surface area contributed by atoms with Gasteiger partial charge in [-0.2, -0.15) is 12.7 Å². The van der Waals surface area contributed by atoms with Gasteiger partial charge in [0.2, 0.25) is 11.8 Å². The third kappa shape index (κ3) is 9.71. The number of fused-ring (bicyclic) bond motifs is 3. The Morgan fingerprint density at radius 1 is 1.08 bits per heavy atom. The van der Waals surface area contributed by atoms with Crippen molar-refractivity contribution in [1.29, 1.82) is 0 Å². The van der Waals surface area contributed by atoms with Gasteiger partial charge in [0.25, 0.3) is 5.91 Å². The summed E-state index contributed by atoms with van der Waals surface area (Å²) in [7, 11) is 3.16. The predicted molar refractivity (Wildman–Crippen MR) is 203 cm³/mol. The number of halogens is 1. The topological polar surface area (TPSA) is 149 Å². The second-order valence-electron chi connectivity index (χ2n) is 14.6. The van der Waals surface area contributed by atoms with Crippen molar-refractivity contribution in [3.05, 3.63) is 70.3 Å². The van der Waals surface area contributed by atoms with Crippen LogP contribution in [0.1, 0.15) is 55.2 Å². The van der Waals surface area contributed by atoms with Crippen LogP contribution in [0.3, 0.4) is 0 Å². The number of likely N-dealkylation sites (N-methyl/N-ethyl adjacent to an activating group) is 1. The fourth-order valence-electron chi connectivity index (χ4n) is 6.93. The molecule has 3 aliphatic rings. The molecule has 2 aromatic carbocycles. The molecule has 13 nitrogen and oxygen atoms in total. The lowest BCUT2D eigenvalue weighted by Gasteiger charge is -2.44. The van der Waals surface area contributed by atoms with Gasteiger partial charge >= 0.3 is 10.2 Å². The minimum absolute atomic E-state index is 0.0534. The summed E-state index contributed by atoms with van der Waals surface area (Å²) in [5.41, 5.74) is 0.207. The summed E-state index contributed by atoms with van der Waals surface area (Å²) in [6, 6.07) is 10.6. The van der Waals surface area contributed by atoms with Crippen LogP contribution in [0, 0.1) is 11.8 Å². The number of benzene rings is 2. The molecule has 0 radical (unpaired) electrons. The van der Waals surface area contributed by atoms with Gasteiger partial charge in [-0.1, -0.05) is 35.9 Å². The first-order valence-corrected chi connectivity index (χ1v) is 19.9. The molecule has 2 aromatic rings. The van der Waals surface area contributed by atoms with E-state index in [4.69, 9.17) is 21.1 Å². The average Bonchev–Trinajstić information content (AvgIpc) is 3.12. The molecule has 15 heteroatoms. The zero-order valence-corrected chi connectivity index (χ0v) is 32.8. The number of carbonyl (C=O) groups is 3. The second kappa shape index (κ2) is 17.2. The van der Waals surface area contributed by atoms with E-state index in [1.165, 1.54) is 30.0 Å². The van der Waals surface area contributed by atoms with Crippen LogP contribution < -0.4 is 14.4 Å². The number of carbonyl (C=O) groups excluding carboxylic acids is 3. The lowest BCUT2D eigenvalue weighted by Crippen LogP contribution is -2.51. The van der Waals surface area contributed by atoms with E-state index in [0.29, 0.717) is 36.0 Å². The number of rotatable bonds is 6. The van der Waals surface area contributed by atoms with E-state index >= 15 is 0 Å². The highest BCUT2D eigenvalue weighted by molar-refractivity contribution is 7.87. The zero-order valence-electron chi connectivity index (χ0n) is 31.2. The molecule has 0 saturated heterocycles. The Kier molecular flexibility index (Phi) is 13.1. The SMILES string of the molecule is CN(C)C(=O)CO[C@H]1/C=C/CCN(C)C(=O)C[C@](O)(C(=O)NS(=O)(=O)N(C)C)c2ccc3c(c2)N(CCCCc2cc(Cl)ccc2CO3)C[C@@H]2CC[C@H]21. The van der Waals surface area contributed by atoms with E-state index in [1.54, 1.807) is 33.3 Å². The lowest BCUT2D eigenvalue weighted by molar-refractivity contribution is -0.148. The normalized spacial score (nSPS) is 24.8.